The molecule has 0 atom stereocenters. The predicted molar refractivity (Wildman–Crippen MR) is 88.5 cm³/mol. The van der Waals surface area contributed by atoms with Crippen LogP contribution in [0.15, 0.2) is 45.7 Å². The van der Waals surface area contributed by atoms with Gasteiger partial charge >= 0.3 is 5.97 Å². The summed E-state index contributed by atoms with van der Waals surface area (Å²) in [5, 5.41) is 8.89. The predicted octanol–water partition coefficient (Wildman–Crippen LogP) is 3.03. The Labute approximate surface area is 139 Å². The number of allylic oxidation sites excluding steroid dienone is 1. The minimum Gasteiger partial charge on any atom is -0.462 e. The average molecular weight is 345 g/mol. The molecule has 0 aliphatic heterocycles. The Morgan fingerprint density at radius 1 is 1.25 bits per heavy atom. The number of sulfone groups is 1. The van der Waals surface area contributed by atoms with Gasteiger partial charge in [-0.3, -0.25) is 0 Å². The molecule has 0 bridgehead atoms. The molecule has 0 N–H and O–H groups in total. The van der Waals surface area contributed by atoms with Gasteiger partial charge in [0, 0.05) is 17.9 Å². The van der Waals surface area contributed by atoms with Crippen molar-refractivity contribution in [3.05, 3.63) is 52.6 Å². The van der Waals surface area contributed by atoms with Gasteiger partial charge in [0.1, 0.15) is 22.5 Å². The van der Waals surface area contributed by atoms with Crippen molar-refractivity contribution in [2.45, 2.75) is 6.92 Å². The number of nitriles is 1. The number of esters is 1. The number of benzene rings is 1. The molecule has 0 radical (unpaired) electrons. The highest BCUT2D eigenvalue weighted by Gasteiger charge is 2.13. The summed E-state index contributed by atoms with van der Waals surface area (Å²) in [6, 6.07) is 11.5. The smallest absolute Gasteiger partial charge is 0.338 e. The molecule has 1 heterocycles. The van der Waals surface area contributed by atoms with Gasteiger partial charge in [-0.25, -0.2) is 13.2 Å². The summed E-state index contributed by atoms with van der Waals surface area (Å²) in [6.07, 6.45) is 2.13. The van der Waals surface area contributed by atoms with Crippen molar-refractivity contribution in [3.63, 3.8) is 0 Å². The Bertz CT molecular complexity index is 915. The van der Waals surface area contributed by atoms with Gasteiger partial charge < -0.3 is 9.15 Å². The first-order valence-electron chi connectivity index (χ1n) is 7.04. The normalized spacial score (nSPS) is 11.8. The molecule has 0 amide bonds. The fourth-order valence-electron chi connectivity index (χ4n) is 1.92. The molecule has 24 heavy (non-hydrogen) atoms. The second-order valence-electron chi connectivity index (χ2n) is 4.89. The van der Waals surface area contributed by atoms with Crippen molar-refractivity contribution in [3.8, 4) is 17.4 Å². The molecule has 0 fully saturated rings. The third-order valence-electron chi connectivity index (χ3n) is 3.09. The number of hydrogen-bond donors (Lipinski definition) is 0. The van der Waals surface area contributed by atoms with E-state index in [1.54, 1.807) is 49.4 Å². The molecule has 7 heteroatoms. The lowest BCUT2D eigenvalue weighted by Gasteiger charge is -2.02. The molecule has 0 saturated carbocycles. The number of nitrogens with zero attached hydrogens (tertiary/aromatic N) is 1. The van der Waals surface area contributed by atoms with Crippen molar-refractivity contribution < 1.29 is 22.4 Å². The van der Waals surface area contributed by atoms with Gasteiger partial charge in [-0.15, -0.1) is 0 Å². The average Bonchev–Trinajstić information content (AvgIpc) is 3.00. The maximum atomic E-state index is 11.6. The van der Waals surface area contributed by atoms with E-state index in [-0.39, 0.29) is 10.7 Å². The monoisotopic (exact) mass is 345 g/mol. The Balaban J connectivity index is 2.27. The molecule has 0 aliphatic carbocycles. The van der Waals surface area contributed by atoms with Gasteiger partial charge in [-0.2, -0.15) is 5.26 Å². The molecule has 2 aromatic rings. The van der Waals surface area contributed by atoms with E-state index in [4.69, 9.17) is 14.4 Å². The standard InChI is InChI=1S/C17H15NO5S/c1-3-22-17(19)13-6-4-12(5-7-13)16-9-8-14(23-16)10-15(11-18)24(2,20)21/h4-10H,3H2,1-2H3/b15-10+. The molecular formula is C17H15NO5S. The molecule has 0 saturated heterocycles. The van der Waals surface area contributed by atoms with Crippen LogP contribution in [0, 0.1) is 11.3 Å². The Morgan fingerprint density at radius 2 is 1.92 bits per heavy atom. The van der Waals surface area contributed by atoms with Crippen molar-refractivity contribution in [1.82, 2.24) is 0 Å². The van der Waals surface area contributed by atoms with Gasteiger partial charge in [0.05, 0.1) is 12.2 Å². The maximum absolute atomic E-state index is 11.6. The van der Waals surface area contributed by atoms with Crippen molar-refractivity contribution in [2.75, 3.05) is 12.9 Å². The molecule has 2 rings (SSSR count). The van der Waals surface area contributed by atoms with Crippen molar-refractivity contribution in [2.24, 2.45) is 0 Å². The summed E-state index contributed by atoms with van der Waals surface area (Å²) in [4.78, 5) is 11.2. The highest BCUT2D eigenvalue weighted by molar-refractivity contribution is 7.95. The number of furan rings is 1. The summed E-state index contributed by atoms with van der Waals surface area (Å²) < 4.78 is 33.3. The fourth-order valence-corrected chi connectivity index (χ4v) is 2.42. The van der Waals surface area contributed by atoms with Crippen LogP contribution < -0.4 is 0 Å². The molecule has 0 aliphatic rings. The van der Waals surface area contributed by atoms with E-state index in [9.17, 15) is 13.2 Å². The Morgan fingerprint density at radius 3 is 2.46 bits per heavy atom. The van der Waals surface area contributed by atoms with Gasteiger partial charge in [0.2, 0.25) is 0 Å². The van der Waals surface area contributed by atoms with E-state index in [0.29, 0.717) is 23.5 Å². The first kappa shape index (κ1) is 17.5. The van der Waals surface area contributed by atoms with Crippen LogP contribution in [-0.2, 0) is 14.6 Å². The molecule has 0 spiro atoms. The fraction of sp³-hybridized carbons (Fsp3) is 0.176. The van der Waals surface area contributed by atoms with E-state index in [2.05, 4.69) is 0 Å². The summed E-state index contributed by atoms with van der Waals surface area (Å²) >= 11 is 0. The second-order valence-corrected chi connectivity index (χ2v) is 6.88. The molecule has 6 nitrogen and oxygen atoms in total. The largest absolute Gasteiger partial charge is 0.462 e. The SMILES string of the molecule is CCOC(=O)c1ccc(-c2ccc(/C=C(\C#N)S(C)(=O)=O)o2)cc1. The summed E-state index contributed by atoms with van der Waals surface area (Å²) in [7, 11) is -3.60. The quantitative estimate of drug-likeness (QED) is 0.610. The molecule has 124 valence electrons. The van der Waals surface area contributed by atoms with E-state index < -0.39 is 15.8 Å². The van der Waals surface area contributed by atoms with E-state index in [1.807, 2.05) is 0 Å². The number of ether oxygens (including phenoxy) is 1. The van der Waals surface area contributed by atoms with Crippen LogP contribution in [0.25, 0.3) is 17.4 Å². The molecule has 1 aromatic carbocycles. The Kier molecular flexibility index (Phi) is 5.21. The van der Waals surface area contributed by atoms with Crippen LogP contribution in [0.5, 0.6) is 0 Å². The number of carbonyl (C=O) groups is 1. The summed E-state index contributed by atoms with van der Waals surface area (Å²) in [5.41, 5.74) is 1.14. The van der Waals surface area contributed by atoms with Crippen LogP contribution in [0.1, 0.15) is 23.0 Å². The van der Waals surface area contributed by atoms with E-state index in [0.717, 1.165) is 6.26 Å². The van der Waals surface area contributed by atoms with Crippen LogP contribution in [-0.4, -0.2) is 27.2 Å². The number of rotatable bonds is 5. The van der Waals surface area contributed by atoms with Gasteiger partial charge in [0.25, 0.3) is 0 Å². The first-order chi connectivity index (χ1) is 11.3. The van der Waals surface area contributed by atoms with Crippen molar-refractivity contribution >= 4 is 21.9 Å². The zero-order valence-corrected chi connectivity index (χ0v) is 14.0. The van der Waals surface area contributed by atoms with Crippen LogP contribution in [0.3, 0.4) is 0 Å². The van der Waals surface area contributed by atoms with Crippen molar-refractivity contribution in [1.29, 1.82) is 5.26 Å². The van der Waals surface area contributed by atoms with Gasteiger partial charge in [-0.05, 0) is 31.2 Å². The molecule has 1 aromatic heterocycles. The number of carbonyl (C=O) groups excluding carboxylic acids is 1. The van der Waals surface area contributed by atoms with Crippen LogP contribution in [0.2, 0.25) is 0 Å². The summed E-state index contributed by atoms with van der Waals surface area (Å²) in [6.45, 7) is 2.03. The second kappa shape index (κ2) is 7.15. The highest BCUT2D eigenvalue weighted by Crippen LogP contribution is 2.24. The highest BCUT2D eigenvalue weighted by atomic mass is 32.2. The third-order valence-corrected chi connectivity index (χ3v) is 4.10. The van der Waals surface area contributed by atoms with Crippen LogP contribution >= 0.6 is 0 Å². The number of hydrogen-bond acceptors (Lipinski definition) is 6. The lowest BCUT2D eigenvalue weighted by atomic mass is 10.1. The van der Waals surface area contributed by atoms with E-state index >= 15 is 0 Å². The first-order valence-corrected chi connectivity index (χ1v) is 8.93. The minimum absolute atomic E-state index is 0.251. The third kappa shape index (κ3) is 4.12. The lowest BCUT2D eigenvalue weighted by Crippen LogP contribution is -2.03. The topological polar surface area (TPSA) is 97.4 Å². The Hall–Kier alpha value is -2.85. The van der Waals surface area contributed by atoms with Gasteiger partial charge in [0.15, 0.2) is 9.84 Å². The van der Waals surface area contributed by atoms with Crippen LogP contribution in [0.4, 0.5) is 0 Å². The maximum Gasteiger partial charge on any atom is 0.338 e. The lowest BCUT2D eigenvalue weighted by molar-refractivity contribution is 0.0526. The van der Waals surface area contributed by atoms with E-state index in [1.165, 1.54) is 6.08 Å². The molecule has 0 unspecified atom stereocenters. The minimum atomic E-state index is -3.60. The zero-order chi connectivity index (χ0) is 17.7. The molecular weight excluding hydrogens is 330 g/mol. The van der Waals surface area contributed by atoms with Gasteiger partial charge in [-0.1, -0.05) is 12.1 Å². The zero-order valence-electron chi connectivity index (χ0n) is 13.1. The summed E-state index contributed by atoms with van der Waals surface area (Å²) in [5.74, 6) is 0.336.